The van der Waals surface area contributed by atoms with E-state index in [0.717, 1.165) is 6.54 Å². The minimum absolute atomic E-state index is 0.439. The zero-order chi connectivity index (χ0) is 10.2. The van der Waals surface area contributed by atoms with E-state index in [0.29, 0.717) is 17.6 Å². The van der Waals surface area contributed by atoms with Gasteiger partial charge in [-0.15, -0.1) is 0 Å². The molecule has 2 unspecified atom stereocenters. The van der Waals surface area contributed by atoms with Crippen LogP contribution in [-0.4, -0.2) is 50.3 Å². The molecule has 3 heteroatoms. The summed E-state index contributed by atoms with van der Waals surface area (Å²) >= 11 is 0. The van der Waals surface area contributed by atoms with Crippen molar-refractivity contribution in [2.24, 2.45) is 5.41 Å². The number of methoxy groups -OCH3 is 1. The number of hydrogen-bond donors (Lipinski definition) is 1. The van der Waals surface area contributed by atoms with E-state index in [1.807, 2.05) is 7.11 Å². The maximum absolute atomic E-state index is 5.33. The Morgan fingerprint density at radius 2 is 2.14 bits per heavy atom. The van der Waals surface area contributed by atoms with Crippen molar-refractivity contribution in [3.8, 4) is 0 Å². The van der Waals surface area contributed by atoms with Crippen LogP contribution in [0.25, 0.3) is 0 Å². The molecule has 2 heterocycles. The van der Waals surface area contributed by atoms with Crippen molar-refractivity contribution in [1.82, 2.24) is 10.2 Å². The molecule has 0 aromatic carbocycles. The highest BCUT2D eigenvalue weighted by atomic mass is 16.5. The highest BCUT2D eigenvalue weighted by Gasteiger charge is 2.36. The van der Waals surface area contributed by atoms with E-state index < -0.39 is 0 Å². The molecule has 14 heavy (non-hydrogen) atoms. The maximum Gasteiger partial charge on any atom is 0.0711 e. The summed E-state index contributed by atoms with van der Waals surface area (Å²) < 4.78 is 5.33. The van der Waals surface area contributed by atoms with Crippen LogP contribution < -0.4 is 5.32 Å². The molecule has 82 valence electrons. The quantitative estimate of drug-likeness (QED) is 0.722. The molecular weight excluding hydrogens is 176 g/mol. The predicted octanol–water partition coefficient (Wildman–Crippen LogP) is 0.705. The van der Waals surface area contributed by atoms with Crippen LogP contribution in [-0.2, 0) is 4.74 Å². The molecule has 2 aliphatic rings. The van der Waals surface area contributed by atoms with E-state index in [-0.39, 0.29) is 0 Å². The molecule has 0 bridgehead atoms. The minimum atomic E-state index is 0.439. The number of hydrogen-bond acceptors (Lipinski definition) is 3. The molecule has 2 rings (SSSR count). The Balaban J connectivity index is 1.68. The summed E-state index contributed by atoms with van der Waals surface area (Å²) in [4.78, 5) is 2.54. The molecular formula is C11H22N2O. The third-order valence-corrected chi connectivity index (χ3v) is 3.30. The summed E-state index contributed by atoms with van der Waals surface area (Å²) in [7, 11) is 1.81. The lowest BCUT2D eigenvalue weighted by Gasteiger charge is -2.46. The summed E-state index contributed by atoms with van der Waals surface area (Å²) in [6.45, 7) is 9.40. The van der Waals surface area contributed by atoms with Crippen molar-refractivity contribution in [3.05, 3.63) is 0 Å². The summed E-state index contributed by atoms with van der Waals surface area (Å²) in [5, 5.41) is 3.52. The standard InChI is InChI=1S/C11H22N2O/c1-11(2)7-13(8-11)6-9-4-10(14-3)5-12-9/h9-10,12H,4-8H2,1-3H3. The van der Waals surface area contributed by atoms with Gasteiger partial charge >= 0.3 is 0 Å². The summed E-state index contributed by atoms with van der Waals surface area (Å²) in [6, 6.07) is 0.649. The van der Waals surface area contributed by atoms with Gasteiger partial charge in [-0.3, -0.25) is 0 Å². The largest absolute Gasteiger partial charge is 0.380 e. The topological polar surface area (TPSA) is 24.5 Å². The van der Waals surface area contributed by atoms with Crippen molar-refractivity contribution in [1.29, 1.82) is 0 Å². The molecule has 1 N–H and O–H groups in total. The van der Waals surface area contributed by atoms with Gasteiger partial charge < -0.3 is 15.0 Å². The fourth-order valence-corrected chi connectivity index (χ4v) is 2.71. The van der Waals surface area contributed by atoms with Crippen LogP contribution in [0.2, 0.25) is 0 Å². The Morgan fingerprint density at radius 3 is 2.64 bits per heavy atom. The van der Waals surface area contributed by atoms with Gasteiger partial charge in [-0.1, -0.05) is 13.8 Å². The zero-order valence-electron chi connectivity index (χ0n) is 9.55. The zero-order valence-corrected chi connectivity index (χ0v) is 9.55. The first kappa shape index (κ1) is 10.4. The van der Waals surface area contributed by atoms with E-state index in [1.165, 1.54) is 26.1 Å². The number of ether oxygens (including phenoxy) is 1. The van der Waals surface area contributed by atoms with Gasteiger partial charge in [0.05, 0.1) is 6.10 Å². The first-order chi connectivity index (χ1) is 6.59. The smallest absolute Gasteiger partial charge is 0.0711 e. The molecule has 2 atom stereocenters. The van der Waals surface area contributed by atoms with Crippen molar-refractivity contribution < 1.29 is 4.74 Å². The first-order valence-electron chi connectivity index (χ1n) is 5.57. The number of nitrogens with one attached hydrogen (secondary N) is 1. The Kier molecular flexibility index (Phi) is 2.82. The molecule has 0 radical (unpaired) electrons. The van der Waals surface area contributed by atoms with Gasteiger partial charge in [-0.2, -0.15) is 0 Å². The first-order valence-corrected chi connectivity index (χ1v) is 5.57. The monoisotopic (exact) mass is 198 g/mol. The normalized spacial score (nSPS) is 37.1. The molecule has 0 aromatic heterocycles. The van der Waals surface area contributed by atoms with E-state index in [9.17, 15) is 0 Å². The second-order valence-corrected chi connectivity index (χ2v) is 5.53. The average Bonchev–Trinajstić information content (AvgIpc) is 2.49. The van der Waals surface area contributed by atoms with Crippen LogP contribution in [0.15, 0.2) is 0 Å². The second-order valence-electron chi connectivity index (χ2n) is 5.53. The SMILES string of the molecule is COC1CNC(CN2CC(C)(C)C2)C1. The van der Waals surface area contributed by atoms with Crippen LogP contribution in [0.5, 0.6) is 0 Å². The number of nitrogens with zero attached hydrogens (tertiary/aromatic N) is 1. The lowest BCUT2D eigenvalue weighted by molar-refractivity contribution is 0.0234. The summed E-state index contributed by atoms with van der Waals surface area (Å²) in [5.41, 5.74) is 0.555. The minimum Gasteiger partial charge on any atom is -0.380 e. The molecule has 2 aliphatic heterocycles. The summed E-state index contributed by atoms with van der Waals surface area (Å²) in [6.07, 6.45) is 1.61. The van der Waals surface area contributed by atoms with Gasteiger partial charge in [0.15, 0.2) is 0 Å². The molecule has 2 saturated heterocycles. The van der Waals surface area contributed by atoms with E-state index in [2.05, 4.69) is 24.1 Å². The van der Waals surface area contributed by atoms with E-state index in [4.69, 9.17) is 4.74 Å². The van der Waals surface area contributed by atoms with Crippen LogP contribution >= 0.6 is 0 Å². The Hall–Kier alpha value is -0.120. The van der Waals surface area contributed by atoms with Gasteiger partial charge in [0.25, 0.3) is 0 Å². The molecule has 0 saturated carbocycles. The van der Waals surface area contributed by atoms with Crippen molar-refractivity contribution >= 4 is 0 Å². The Morgan fingerprint density at radius 1 is 1.43 bits per heavy atom. The lowest BCUT2D eigenvalue weighted by Crippen LogP contribution is -2.55. The van der Waals surface area contributed by atoms with Gasteiger partial charge in [0, 0.05) is 39.3 Å². The van der Waals surface area contributed by atoms with Crippen LogP contribution in [0.3, 0.4) is 0 Å². The molecule has 3 nitrogen and oxygen atoms in total. The molecule has 0 aliphatic carbocycles. The highest BCUT2D eigenvalue weighted by Crippen LogP contribution is 2.29. The fraction of sp³-hybridized carbons (Fsp3) is 1.00. The molecule has 0 spiro atoms. The highest BCUT2D eigenvalue weighted by molar-refractivity contribution is 4.92. The van der Waals surface area contributed by atoms with Gasteiger partial charge in [0.2, 0.25) is 0 Å². The van der Waals surface area contributed by atoms with Gasteiger partial charge in [-0.25, -0.2) is 0 Å². The van der Waals surface area contributed by atoms with Crippen molar-refractivity contribution in [2.75, 3.05) is 33.3 Å². The van der Waals surface area contributed by atoms with Crippen LogP contribution in [0.4, 0.5) is 0 Å². The fourth-order valence-electron chi connectivity index (χ4n) is 2.71. The third-order valence-electron chi connectivity index (χ3n) is 3.30. The van der Waals surface area contributed by atoms with Gasteiger partial charge in [0.1, 0.15) is 0 Å². The van der Waals surface area contributed by atoms with E-state index >= 15 is 0 Å². The maximum atomic E-state index is 5.33. The molecule has 0 aromatic rings. The van der Waals surface area contributed by atoms with Crippen molar-refractivity contribution in [3.63, 3.8) is 0 Å². The van der Waals surface area contributed by atoms with Crippen molar-refractivity contribution in [2.45, 2.75) is 32.4 Å². The Labute approximate surface area is 86.8 Å². The van der Waals surface area contributed by atoms with Crippen LogP contribution in [0.1, 0.15) is 20.3 Å². The molecule has 2 fully saturated rings. The lowest BCUT2D eigenvalue weighted by atomic mass is 9.84. The Bertz CT molecular complexity index is 197. The molecule has 0 amide bonds. The number of rotatable bonds is 3. The second kappa shape index (κ2) is 3.80. The average molecular weight is 198 g/mol. The predicted molar refractivity (Wildman–Crippen MR) is 57.4 cm³/mol. The van der Waals surface area contributed by atoms with Gasteiger partial charge in [-0.05, 0) is 11.8 Å². The van der Waals surface area contributed by atoms with Crippen LogP contribution in [0, 0.1) is 5.41 Å². The number of likely N-dealkylation sites (tertiary alicyclic amines) is 1. The van der Waals surface area contributed by atoms with E-state index in [1.54, 1.807) is 0 Å². The third kappa shape index (κ3) is 2.27. The summed E-state index contributed by atoms with van der Waals surface area (Å²) in [5.74, 6) is 0.